The first-order valence-corrected chi connectivity index (χ1v) is 6.72. The van der Waals surface area contributed by atoms with Gasteiger partial charge in [-0.2, -0.15) is 0 Å². The van der Waals surface area contributed by atoms with E-state index in [4.69, 9.17) is 15.3 Å². The first kappa shape index (κ1) is 15.2. The zero-order valence-corrected chi connectivity index (χ0v) is 11.3. The van der Waals surface area contributed by atoms with Crippen LogP contribution in [0.25, 0.3) is 0 Å². The third kappa shape index (κ3) is 6.78. The SMILES string of the molecule is COCCCN=C(NN)NCCC1CCCCO1. The second-order valence-corrected chi connectivity index (χ2v) is 4.43. The highest BCUT2D eigenvalue weighted by Crippen LogP contribution is 2.14. The van der Waals surface area contributed by atoms with Gasteiger partial charge in [0.15, 0.2) is 0 Å². The van der Waals surface area contributed by atoms with Crippen LogP contribution < -0.4 is 16.6 Å². The molecule has 0 radical (unpaired) electrons. The van der Waals surface area contributed by atoms with Gasteiger partial charge in [0, 0.05) is 33.4 Å². The molecule has 1 atom stereocenters. The lowest BCUT2D eigenvalue weighted by Crippen LogP contribution is -2.43. The second kappa shape index (κ2) is 10.1. The van der Waals surface area contributed by atoms with Crippen molar-refractivity contribution in [1.82, 2.24) is 10.7 Å². The van der Waals surface area contributed by atoms with Gasteiger partial charge in [0.05, 0.1) is 6.10 Å². The van der Waals surface area contributed by atoms with Crippen molar-refractivity contribution in [1.29, 1.82) is 0 Å². The van der Waals surface area contributed by atoms with Crippen molar-refractivity contribution >= 4 is 5.96 Å². The molecule has 0 amide bonds. The van der Waals surface area contributed by atoms with Crippen molar-refractivity contribution < 1.29 is 9.47 Å². The molecule has 1 fully saturated rings. The number of aliphatic imine (C=N–C) groups is 1. The number of guanidine groups is 1. The molecule has 0 aromatic carbocycles. The number of hydrogen-bond donors (Lipinski definition) is 3. The second-order valence-electron chi connectivity index (χ2n) is 4.43. The predicted molar refractivity (Wildman–Crippen MR) is 72.3 cm³/mol. The van der Waals surface area contributed by atoms with Crippen molar-refractivity contribution in [3.63, 3.8) is 0 Å². The van der Waals surface area contributed by atoms with Crippen LogP contribution in [0.1, 0.15) is 32.1 Å². The molecular formula is C12H26N4O2. The Labute approximate surface area is 109 Å². The van der Waals surface area contributed by atoms with Gasteiger partial charge in [-0.25, -0.2) is 5.84 Å². The van der Waals surface area contributed by atoms with Gasteiger partial charge in [0.2, 0.25) is 5.96 Å². The van der Waals surface area contributed by atoms with Crippen LogP contribution in [-0.4, -0.2) is 45.5 Å². The molecular weight excluding hydrogens is 232 g/mol. The van der Waals surface area contributed by atoms with Crippen molar-refractivity contribution in [2.75, 3.05) is 33.4 Å². The van der Waals surface area contributed by atoms with Crippen LogP contribution in [-0.2, 0) is 9.47 Å². The number of nitrogens with zero attached hydrogens (tertiary/aromatic N) is 1. The topological polar surface area (TPSA) is 80.9 Å². The van der Waals surface area contributed by atoms with E-state index in [9.17, 15) is 0 Å². The maximum Gasteiger partial charge on any atom is 0.205 e. The lowest BCUT2D eigenvalue weighted by molar-refractivity contribution is 0.0122. The Morgan fingerprint density at radius 2 is 2.39 bits per heavy atom. The minimum Gasteiger partial charge on any atom is -0.385 e. The molecule has 6 nitrogen and oxygen atoms in total. The van der Waals surface area contributed by atoms with Gasteiger partial charge in [-0.3, -0.25) is 10.4 Å². The number of methoxy groups -OCH3 is 1. The highest BCUT2D eigenvalue weighted by Gasteiger charge is 2.13. The summed E-state index contributed by atoms with van der Waals surface area (Å²) in [7, 11) is 1.69. The molecule has 1 unspecified atom stereocenters. The van der Waals surface area contributed by atoms with E-state index in [1.54, 1.807) is 7.11 Å². The summed E-state index contributed by atoms with van der Waals surface area (Å²) in [6, 6.07) is 0. The van der Waals surface area contributed by atoms with E-state index < -0.39 is 0 Å². The molecule has 1 heterocycles. The van der Waals surface area contributed by atoms with Gasteiger partial charge in [-0.1, -0.05) is 0 Å². The molecule has 1 saturated heterocycles. The normalized spacial score (nSPS) is 20.8. The van der Waals surface area contributed by atoms with E-state index in [-0.39, 0.29) is 0 Å². The molecule has 0 aliphatic carbocycles. The van der Waals surface area contributed by atoms with Crippen molar-refractivity contribution in [2.24, 2.45) is 10.8 Å². The first-order valence-electron chi connectivity index (χ1n) is 6.72. The van der Waals surface area contributed by atoms with E-state index >= 15 is 0 Å². The molecule has 0 spiro atoms. The minimum absolute atomic E-state index is 0.388. The van der Waals surface area contributed by atoms with Crippen molar-refractivity contribution in [2.45, 2.75) is 38.2 Å². The van der Waals surface area contributed by atoms with E-state index in [1.807, 2.05) is 0 Å². The monoisotopic (exact) mass is 258 g/mol. The number of hydrogen-bond acceptors (Lipinski definition) is 4. The number of ether oxygens (including phenoxy) is 2. The Kier molecular flexibility index (Phi) is 8.54. The number of hydrazine groups is 1. The summed E-state index contributed by atoms with van der Waals surface area (Å²) < 4.78 is 10.6. The van der Waals surface area contributed by atoms with Crippen molar-refractivity contribution in [3.8, 4) is 0 Å². The molecule has 0 aromatic rings. The predicted octanol–water partition coefficient (Wildman–Crippen LogP) is 0.391. The van der Waals surface area contributed by atoms with Crippen LogP contribution in [0.15, 0.2) is 4.99 Å². The standard InChI is InChI=1S/C12H26N4O2/c1-17-9-4-7-14-12(16-13)15-8-6-11-5-2-3-10-18-11/h11H,2-10,13H2,1H3,(H2,14,15,16). The largest absolute Gasteiger partial charge is 0.385 e. The summed E-state index contributed by atoms with van der Waals surface area (Å²) >= 11 is 0. The molecule has 6 heteroatoms. The zero-order valence-electron chi connectivity index (χ0n) is 11.3. The van der Waals surface area contributed by atoms with E-state index in [2.05, 4.69) is 15.7 Å². The summed E-state index contributed by atoms with van der Waals surface area (Å²) in [5.41, 5.74) is 2.57. The maximum atomic E-state index is 5.66. The maximum absolute atomic E-state index is 5.66. The Balaban J connectivity index is 2.09. The van der Waals surface area contributed by atoms with Gasteiger partial charge in [-0.15, -0.1) is 0 Å². The van der Waals surface area contributed by atoms with Gasteiger partial charge in [0.1, 0.15) is 0 Å². The molecule has 0 bridgehead atoms. The highest BCUT2D eigenvalue weighted by molar-refractivity contribution is 5.79. The minimum atomic E-state index is 0.388. The molecule has 18 heavy (non-hydrogen) atoms. The fraction of sp³-hybridized carbons (Fsp3) is 0.917. The van der Waals surface area contributed by atoms with Gasteiger partial charge >= 0.3 is 0 Å². The van der Waals surface area contributed by atoms with Crippen LogP contribution in [0.4, 0.5) is 0 Å². The van der Waals surface area contributed by atoms with Gasteiger partial charge in [-0.05, 0) is 32.1 Å². The summed E-state index contributed by atoms with van der Waals surface area (Å²) in [4.78, 5) is 4.31. The third-order valence-electron chi connectivity index (χ3n) is 2.95. The van der Waals surface area contributed by atoms with Crippen LogP contribution in [0.2, 0.25) is 0 Å². The zero-order chi connectivity index (χ0) is 13.1. The van der Waals surface area contributed by atoms with Crippen LogP contribution in [0.5, 0.6) is 0 Å². The average Bonchev–Trinajstić information content (AvgIpc) is 2.42. The summed E-state index contributed by atoms with van der Waals surface area (Å²) in [6.45, 7) is 3.16. The third-order valence-corrected chi connectivity index (χ3v) is 2.95. The van der Waals surface area contributed by atoms with Crippen molar-refractivity contribution in [3.05, 3.63) is 0 Å². The Hall–Kier alpha value is -0.850. The first-order chi connectivity index (χ1) is 8.86. The van der Waals surface area contributed by atoms with E-state index in [0.29, 0.717) is 18.6 Å². The van der Waals surface area contributed by atoms with Gasteiger partial charge in [0.25, 0.3) is 0 Å². The molecule has 106 valence electrons. The number of rotatable bonds is 7. The van der Waals surface area contributed by atoms with Gasteiger partial charge < -0.3 is 14.8 Å². The summed E-state index contributed by atoms with van der Waals surface area (Å²) in [6.07, 6.45) is 5.92. The fourth-order valence-electron chi connectivity index (χ4n) is 1.94. The Morgan fingerprint density at radius 3 is 3.06 bits per heavy atom. The van der Waals surface area contributed by atoms with Crippen LogP contribution >= 0.6 is 0 Å². The molecule has 1 aliphatic heterocycles. The molecule has 4 N–H and O–H groups in total. The fourth-order valence-corrected chi connectivity index (χ4v) is 1.94. The lowest BCUT2D eigenvalue weighted by atomic mass is 10.1. The number of nitrogens with two attached hydrogens (primary N) is 1. The lowest BCUT2D eigenvalue weighted by Gasteiger charge is -2.22. The molecule has 1 aliphatic rings. The summed E-state index contributed by atoms with van der Waals surface area (Å²) in [5, 5.41) is 3.19. The average molecular weight is 258 g/mol. The quantitative estimate of drug-likeness (QED) is 0.202. The van der Waals surface area contributed by atoms with Crippen LogP contribution in [0, 0.1) is 0 Å². The highest BCUT2D eigenvalue weighted by atomic mass is 16.5. The van der Waals surface area contributed by atoms with E-state index in [0.717, 1.165) is 39.0 Å². The van der Waals surface area contributed by atoms with Crippen LogP contribution in [0.3, 0.4) is 0 Å². The Bertz CT molecular complexity index is 230. The molecule has 1 rings (SSSR count). The Morgan fingerprint density at radius 1 is 1.50 bits per heavy atom. The summed E-state index contributed by atoms with van der Waals surface area (Å²) in [5.74, 6) is 6.04. The van der Waals surface area contributed by atoms with E-state index in [1.165, 1.54) is 12.8 Å². The number of nitrogens with one attached hydrogen (secondary N) is 2. The smallest absolute Gasteiger partial charge is 0.205 e. The molecule has 0 aromatic heterocycles. The molecule has 0 saturated carbocycles.